The minimum Gasteiger partial charge on any atom is -0.371 e. The number of H-pyrrole nitrogens is 1. The smallest absolute Gasteiger partial charge is 0.271 e. The molecule has 2 aromatic carbocycles. The predicted octanol–water partition coefficient (Wildman–Crippen LogP) is 2.64. The van der Waals surface area contributed by atoms with Crippen molar-refractivity contribution in [2.75, 3.05) is 19.7 Å². The minimum absolute atomic E-state index is 0.131. The minimum atomic E-state index is -0.261. The molecule has 1 aromatic heterocycles. The number of morpholine rings is 1. The van der Waals surface area contributed by atoms with Crippen LogP contribution in [0.5, 0.6) is 0 Å². The molecule has 1 atom stereocenters. The molecule has 25 heavy (non-hydrogen) atoms. The van der Waals surface area contributed by atoms with Crippen LogP contribution in [0.3, 0.4) is 0 Å². The third-order valence-electron chi connectivity index (χ3n) is 4.44. The molecule has 1 fully saturated rings. The van der Waals surface area contributed by atoms with Gasteiger partial charge in [-0.25, -0.2) is 9.37 Å². The van der Waals surface area contributed by atoms with Crippen molar-refractivity contribution in [1.82, 2.24) is 14.9 Å². The van der Waals surface area contributed by atoms with Gasteiger partial charge < -0.3 is 9.72 Å². The van der Waals surface area contributed by atoms with Crippen molar-refractivity contribution in [3.05, 3.63) is 76.0 Å². The van der Waals surface area contributed by atoms with Gasteiger partial charge in [-0.1, -0.05) is 24.3 Å². The molecule has 5 nitrogen and oxygen atoms in total. The fraction of sp³-hybridized carbons (Fsp3) is 0.263. The quantitative estimate of drug-likeness (QED) is 0.797. The lowest BCUT2D eigenvalue weighted by Crippen LogP contribution is -2.39. The van der Waals surface area contributed by atoms with Gasteiger partial charge in [-0.15, -0.1) is 0 Å². The monoisotopic (exact) mass is 339 g/mol. The lowest BCUT2D eigenvalue weighted by Gasteiger charge is -2.32. The van der Waals surface area contributed by atoms with E-state index >= 15 is 0 Å². The van der Waals surface area contributed by atoms with E-state index in [0.29, 0.717) is 25.4 Å². The van der Waals surface area contributed by atoms with Gasteiger partial charge in [0, 0.05) is 19.6 Å². The second kappa shape index (κ2) is 6.74. The second-order valence-corrected chi connectivity index (χ2v) is 6.18. The molecule has 1 saturated heterocycles. The summed E-state index contributed by atoms with van der Waals surface area (Å²) in [6.45, 7) is 2.39. The average molecular weight is 339 g/mol. The van der Waals surface area contributed by atoms with Crippen molar-refractivity contribution in [1.29, 1.82) is 0 Å². The zero-order chi connectivity index (χ0) is 17.2. The Morgan fingerprint density at radius 1 is 1.20 bits per heavy atom. The highest BCUT2D eigenvalue weighted by Gasteiger charge is 2.23. The molecule has 3 aromatic rings. The van der Waals surface area contributed by atoms with E-state index in [4.69, 9.17) is 4.74 Å². The van der Waals surface area contributed by atoms with Crippen LogP contribution in [0.1, 0.15) is 17.4 Å². The summed E-state index contributed by atoms with van der Waals surface area (Å²) in [5.41, 5.74) is 2.79. The molecule has 0 unspecified atom stereocenters. The van der Waals surface area contributed by atoms with Crippen LogP contribution in [-0.2, 0) is 11.3 Å². The first-order valence-corrected chi connectivity index (χ1v) is 8.26. The number of benzene rings is 2. The molecule has 2 heterocycles. The summed E-state index contributed by atoms with van der Waals surface area (Å²) in [6, 6.07) is 13.9. The van der Waals surface area contributed by atoms with E-state index in [1.807, 2.05) is 24.3 Å². The van der Waals surface area contributed by atoms with E-state index in [1.165, 1.54) is 12.1 Å². The maximum Gasteiger partial charge on any atom is 0.271 e. The summed E-state index contributed by atoms with van der Waals surface area (Å²) in [6.07, 6.45) is -0.131. The molecule has 0 amide bonds. The van der Waals surface area contributed by atoms with Crippen LogP contribution < -0.4 is 5.56 Å². The van der Waals surface area contributed by atoms with Gasteiger partial charge >= 0.3 is 0 Å². The molecule has 0 saturated carbocycles. The zero-order valence-corrected chi connectivity index (χ0v) is 13.6. The van der Waals surface area contributed by atoms with Gasteiger partial charge in [-0.05, 0) is 29.8 Å². The van der Waals surface area contributed by atoms with Crippen LogP contribution in [0, 0.1) is 5.82 Å². The van der Waals surface area contributed by atoms with E-state index in [0.717, 1.165) is 23.1 Å². The Hall–Kier alpha value is -2.57. The zero-order valence-electron chi connectivity index (χ0n) is 13.6. The first-order valence-electron chi connectivity index (χ1n) is 8.26. The van der Waals surface area contributed by atoms with E-state index < -0.39 is 0 Å². The van der Waals surface area contributed by atoms with E-state index in [1.54, 1.807) is 12.1 Å². The highest BCUT2D eigenvalue weighted by molar-refractivity contribution is 5.73. The number of halogens is 1. The second-order valence-electron chi connectivity index (χ2n) is 6.18. The number of ether oxygens (including phenoxy) is 1. The van der Waals surface area contributed by atoms with Gasteiger partial charge in [0.25, 0.3) is 5.56 Å². The average Bonchev–Trinajstić information content (AvgIpc) is 2.63. The number of rotatable bonds is 3. The predicted molar refractivity (Wildman–Crippen MR) is 92.7 cm³/mol. The van der Waals surface area contributed by atoms with Crippen LogP contribution in [-0.4, -0.2) is 34.6 Å². The number of fused-ring (bicyclic) bond motifs is 1. The van der Waals surface area contributed by atoms with E-state index in [-0.39, 0.29) is 17.5 Å². The standard InChI is InChI=1S/C19H18FN3O2/c20-14-7-5-13(6-8-14)18-12-23(9-10-25-18)11-17-19(24)22-16-4-2-1-3-15(16)21-17/h1-8,18H,9-12H2,(H,22,24)/t18-/m0/s1. The molecule has 1 N–H and O–H groups in total. The topological polar surface area (TPSA) is 58.2 Å². The third kappa shape index (κ3) is 3.45. The van der Waals surface area contributed by atoms with Crippen molar-refractivity contribution >= 4 is 11.0 Å². The molecular formula is C19H18FN3O2. The van der Waals surface area contributed by atoms with Crippen molar-refractivity contribution in [2.45, 2.75) is 12.6 Å². The summed E-state index contributed by atoms with van der Waals surface area (Å²) in [5, 5.41) is 0. The van der Waals surface area contributed by atoms with Crippen LogP contribution in [0.2, 0.25) is 0 Å². The van der Waals surface area contributed by atoms with Crippen LogP contribution in [0.25, 0.3) is 11.0 Å². The molecular weight excluding hydrogens is 321 g/mol. The molecule has 0 spiro atoms. The highest BCUT2D eigenvalue weighted by atomic mass is 19.1. The molecule has 128 valence electrons. The number of aromatic amines is 1. The summed E-state index contributed by atoms with van der Waals surface area (Å²) >= 11 is 0. The third-order valence-corrected chi connectivity index (χ3v) is 4.44. The molecule has 6 heteroatoms. The Balaban J connectivity index is 1.53. The number of nitrogens with one attached hydrogen (secondary N) is 1. The number of hydrogen-bond acceptors (Lipinski definition) is 4. The van der Waals surface area contributed by atoms with Gasteiger partial charge in [0.2, 0.25) is 0 Å². The van der Waals surface area contributed by atoms with Crippen LogP contribution in [0.4, 0.5) is 4.39 Å². The molecule has 1 aliphatic heterocycles. The Kier molecular flexibility index (Phi) is 4.29. The molecule has 4 rings (SSSR count). The first kappa shape index (κ1) is 15.9. The largest absolute Gasteiger partial charge is 0.371 e. The van der Waals surface area contributed by atoms with Gasteiger partial charge in [-0.3, -0.25) is 9.69 Å². The highest BCUT2D eigenvalue weighted by Crippen LogP contribution is 2.23. The Morgan fingerprint density at radius 2 is 2.00 bits per heavy atom. The van der Waals surface area contributed by atoms with Crippen molar-refractivity contribution in [3.8, 4) is 0 Å². The van der Waals surface area contributed by atoms with Gasteiger partial charge in [0.15, 0.2) is 0 Å². The van der Waals surface area contributed by atoms with Gasteiger partial charge in [0.1, 0.15) is 11.5 Å². The van der Waals surface area contributed by atoms with Crippen molar-refractivity contribution in [3.63, 3.8) is 0 Å². The molecule has 0 radical (unpaired) electrons. The fourth-order valence-electron chi connectivity index (χ4n) is 3.11. The molecule has 0 aliphatic carbocycles. The molecule has 0 bridgehead atoms. The number of hydrogen-bond donors (Lipinski definition) is 1. The van der Waals surface area contributed by atoms with Gasteiger partial charge in [-0.2, -0.15) is 0 Å². The maximum atomic E-state index is 13.1. The summed E-state index contributed by atoms with van der Waals surface area (Å²) in [4.78, 5) is 21.8. The summed E-state index contributed by atoms with van der Waals surface area (Å²) in [7, 11) is 0. The van der Waals surface area contributed by atoms with E-state index in [9.17, 15) is 9.18 Å². The normalized spacial score (nSPS) is 18.5. The summed E-state index contributed by atoms with van der Waals surface area (Å²) in [5.74, 6) is -0.261. The molecule has 1 aliphatic rings. The first-order chi connectivity index (χ1) is 12.2. The van der Waals surface area contributed by atoms with Crippen molar-refractivity contribution < 1.29 is 9.13 Å². The Labute approximate surface area is 144 Å². The Morgan fingerprint density at radius 3 is 2.84 bits per heavy atom. The van der Waals surface area contributed by atoms with Gasteiger partial charge in [0.05, 0.1) is 23.7 Å². The maximum absolute atomic E-state index is 13.1. The van der Waals surface area contributed by atoms with Crippen molar-refractivity contribution in [2.24, 2.45) is 0 Å². The van der Waals surface area contributed by atoms with E-state index in [2.05, 4.69) is 14.9 Å². The fourth-order valence-corrected chi connectivity index (χ4v) is 3.11. The number of aromatic nitrogens is 2. The lowest BCUT2D eigenvalue weighted by atomic mass is 10.1. The van der Waals surface area contributed by atoms with Crippen LogP contribution >= 0.6 is 0 Å². The number of para-hydroxylation sites is 2. The number of nitrogens with zero attached hydrogens (tertiary/aromatic N) is 2. The van der Waals surface area contributed by atoms with Crippen LogP contribution in [0.15, 0.2) is 53.3 Å². The lowest BCUT2D eigenvalue weighted by molar-refractivity contribution is -0.0334. The Bertz CT molecular complexity index is 939. The SMILES string of the molecule is O=c1[nH]c2ccccc2nc1CN1CCO[C@H](c2ccc(F)cc2)C1. The summed E-state index contributed by atoms with van der Waals surface area (Å²) < 4.78 is 18.9.